The first-order valence-electron chi connectivity index (χ1n) is 11.0. The third kappa shape index (κ3) is 41.4. The van der Waals surface area contributed by atoms with Crippen LogP contribution in [0.2, 0.25) is 0 Å². The van der Waals surface area contributed by atoms with Crippen molar-refractivity contribution in [3.05, 3.63) is 0 Å². The second-order valence-corrected chi connectivity index (χ2v) is 9.60. The van der Waals surface area contributed by atoms with Crippen LogP contribution in [0, 0.1) is 0 Å². The Kier molecular flexibility index (Phi) is 20.6. The van der Waals surface area contributed by atoms with Crippen molar-refractivity contribution in [3.63, 3.8) is 0 Å². The summed E-state index contributed by atoms with van der Waals surface area (Å²) in [6.07, 6.45) is 23.4. The maximum Gasteiger partial charge on any atom is 0.215 e. The Morgan fingerprint density at radius 3 is 1.07 bits per heavy atom. The Balaban J connectivity index is 0. The van der Waals surface area contributed by atoms with Crippen LogP contribution in [0.15, 0.2) is 0 Å². The molecule has 0 radical (unpaired) electrons. The van der Waals surface area contributed by atoms with Gasteiger partial charge in [0.2, 0.25) is 10.4 Å². The molecule has 0 aromatic carbocycles. The third-order valence-corrected chi connectivity index (χ3v) is 4.68. The summed E-state index contributed by atoms with van der Waals surface area (Å²) in [6, 6.07) is 0. The highest BCUT2D eigenvalue weighted by atomic mass is 32.3. The van der Waals surface area contributed by atoms with Crippen molar-refractivity contribution in [1.29, 1.82) is 0 Å². The average Bonchev–Trinajstić information content (AvgIpc) is 2.52. The smallest absolute Gasteiger partial charge is 0.215 e. The molecule has 5 nitrogen and oxygen atoms in total. The molecule has 0 aliphatic rings. The zero-order chi connectivity index (χ0) is 21.0. The molecule has 0 saturated heterocycles. The molecular weight excluding hydrogens is 362 g/mol. The van der Waals surface area contributed by atoms with Crippen molar-refractivity contribution in [2.45, 2.75) is 110 Å². The molecule has 0 aromatic heterocycles. The number of rotatable bonds is 17. The van der Waals surface area contributed by atoms with Crippen LogP contribution in [0.25, 0.3) is 0 Å². The van der Waals surface area contributed by atoms with Gasteiger partial charge in [0.05, 0.1) is 27.7 Å². The average molecular weight is 410 g/mol. The van der Waals surface area contributed by atoms with Crippen LogP contribution >= 0.6 is 0 Å². The first kappa shape index (κ1) is 29.0. The zero-order valence-electron chi connectivity index (χ0n) is 18.5. The van der Waals surface area contributed by atoms with E-state index in [1.807, 2.05) is 0 Å². The molecule has 0 bridgehead atoms. The molecule has 0 fully saturated rings. The van der Waals surface area contributed by atoms with E-state index in [1.54, 1.807) is 0 Å². The lowest BCUT2D eigenvalue weighted by atomic mass is 10.0. The first-order chi connectivity index (χ1) is 12.6. The molecule has 0 aliphatic carbocycles. The van der Waals surface area contributed by atoms with Gasteiger partial charge in [0.25, 0.3) is 0 Å². The van der Waals surface area contributed by atoms with Crippen molar-refractivity contribution in [1.82, 2.24) is 0 Å². The van der Waals surface area contributed by atoms with Crippen LogP contribution in [0.5, 0.6) is 0 Å². The van der Waals surface area contributed by atoms with Gasteiger partial charge in [0.1, 0.15) is 0 Å². The highest BCUT2D eigenvalue weighted by Crippen LogP contribution is 2.13. The van der Waals surface area contributed by atoms with Crippen LogP contribution in [0.3, 0.4) is 0 Å². The van der Waals surface area contributed by atoms with Gasteiger partial charge in [-0.25, -0.2) is 8.42 Å². The molecule has 0 heterocycles. The summed E-state index contributed by atoms with van der Waals surface area (Å²) in [5, 5.41) is 0. The van der Waals surface area contributed by atoms with Crippen molar-refractivity contribution in [2.24, 2.45) is 0 Å². The van der Waals surface area contributed by atoms with Crippen molar-refractivity contribution < 1.29 is 22.0 Å². The molecule has 6 heteroatoms. The fourth-order valence-corrected chi connectivity index (χ4v) is 3.13. The highest BCUT2D eigenvalue weighted by molar-refractivity contribution is 7.79. The van der Waals surface area contributed by atoms with Gasteiger partial charge >= 0.3 is 0 Å². The minimum atomic E-state index is -4.92. The van der Waals surface area contributed by atoms with E-state index in [-0.39, 0.29) is 0 Å². The van der Waals surface area contributed by atoms with Crippen molar-refractivity contribution >= 4 is 10.4 Å². The van der Waals surface area contributed by atoms with Crippen molar-refractivity contribution in [3.8, 4) is 0 Å². The molecule has 0 atom stereocenters. The fourth-order valence-electron chi connectivity index (χ4n) is 3.13. The minimum Gasteiger partial charge on any atom is -0.726 e. The maximum absolute atomic E-state index is 8.63. The Bertz CT molecular complexity index is 383. The fraction of sp³-hybridized carbons (Fsp3) is 1.00. The molecule has 0 amide bonds. The van der Waals surface area contributed by atoms with E-state index in [4.69, 9.17) is 17.5 Å². The van der Waals surface area contributed by atoms with Gasteiger partial charge in [-0.05, 0) is 12.8 Å². The SMILES string of the molecule is CCCCCCCCCCCCCCCCCC[N+](C)(C)C.O=S(=O)([O-])O. The standard InChI is InChI=1S/C21H46N.H2O4S/c1-5-6-7-8-9-10-11-12-13-14-15-16-17-18-19-20-21-22(2,3)4;1-5(2,3)4/h5-21H2,1-4H3;(H2,1,2,3,4)/q+1;/p-1. The Labute approximate surface area is 170 Å². The lowest BCUT2D eigenvalue weighted by Crippen LogP contribution is -2.35. The maximum atomic E-state index is 8.63. The van der Waals surface area contributed by atoms with E-state index in [0.29, 0.717) is 0 Å². The summed E-state index contributed by atoms with van der Waals surface area (Å²) < 4.78 is 34.0. The van der Waals surface area contributed by atoms with Gasteiger partial charge in [-0.2, -0.15) is 0 Å². The third-order valence-electron chi connectivity index (χ3n) is 4.68. The molecule has 0 spiro atoms. The Hall–Kier alpha value is -0.170. The monoisotopic (exact) mass is 409 g/mol. The molecule has 166 valence electrons. The van der Waals surface area contributed by atoms with Gasteiger partial charge in [0, 0.05) is 0 Å². The van der Waals surface area contributed by atoms with E-state index in [2.05, 4.69) is 28.1 Å². The second-order valence-electron chi connectivity index (χ2n) is 8.74. The van der Waals surface area contributed by atoms with E-state index in [9.17, 15) is 0 Å². The van der Waals surface area contributed by atoms with Gasteiger partial charge in [-0.15, -0.1) is 0 Å². The summed E-state index contributed by atoms with van der Waals surface area (Å²) in [5.41, 5.74) is 0. The Morgan fingerprint density at radius 1 is 0.630 bits per heavy atom. The van der Waals surface area contributed by atoms with Gasteiger partial charge in [-0.1, -0.05) is 96.8 Å². The highest BCUT2D eigenvalue weighted by Gasteiger charge is 2.04. The quantitative estimate of drug-likeness (QED) is 0.139. The molecule has 0 rings (SSSR count). The summed E-state index contributed by atoms with van der Waals surface area (Å²) in [5.74, 6) is 0. The van der Waals surface area contributed by atoms with Crippen LogP contribution in [-0.2, 0) is 10.4 Å². The summed E-state index contributed by atoms with van der Waals surface area (Å²) in [7, 11) is 1.97. The number of unbranched alkanes of at least 4 members (excludes halogenated alkanes) is 15. The zero-order valence-corrected chi connectivity index (χ0v) is 19.4. The summed E-state index contributed by atoms with van der Waals surface area (Å²) in [4.78, 5) is 0. The predicted molar refractivity (Wildman–Crippen MR) is 115 cm³/mol. The molecule has 0 saturated carbocycles. The van der Waals surface area contributed by atoms with Crippen LogP contribution in [0.1, 0.15) is 110 Å². The van der Waals surface area contributed by atoms with Gasteiger partial charge in [-0.3, -0.25) is 4.55 Å². The molecule has 0 aliphatic heterocycles. The second kappa shape index (κ2) is 19.2. The lowest BCUT2D eigenvalue weighted by Gasteiger charge is -2.23. The van der Waals surface area contributed by atoms with Gasteiger partial charge in [0.15, 0.2) is 0 Å². The normalized spacial score (nSPS) is 11.9. The molecule has 0 aromatic rings. The number of hydrogen-bond donors (Lipinski definition) is 1. The topological polar surface area (TPSA) is 77.4 Å². The molecular formula is C21H47NO4S. The number of hydrogen-bond acceptors (Lipinski definition) is 3. The van der Waals surface area contributed by atoms with Crippen LogP contribution in [0.4, 0.5) is 0 Å². The van der Waals surface area contributed by atoms with E-state index < -0.39 is 10.4 Å². The van der Waals surface area contributed by atoms with Crippen molar-refractivity contribution in [2.75, 3.05) is 27.7 Å². The predicted octanol–water partition coefficient (Wildman–Crippen LogP) is 5.96. The largest absolute Gasteiger partial charge is 0.726 e. The van der Waals surface area contributed by atoms with E-state index in [0.717, 1.165) is 4.48 Å². The molecule has 0 unspecified atom stereocenters. The molecule has 1 N–H and O–H groups in total. The summed E-state index contributed by atoms with van der Waals surface area (Å²) >= 11 is 0. The number of quaternary nitrogens is 1. The lowest BCUT2D eigenvalue weighted by molar-refractivity contribution is -0.870. The van der Waals surface area contributed by atoms with Crippen LogP contribution < -0.4 is 0 Å². The minimum absolute atomic E-state index is 1.12. The van der Waals surface area contributed by atoms with Crippen LogP contribution in [-0.4, -0.2) is 49.7 Å². The van der Waals surface area contributed by atoms with E-state index >= 15 is 0 Å². The van der Waals surface area contributed by atoms with E-state index in [1.165, 1.54) is 109 Å². The summed E-state index contributed by atoms with van der Waals surface area (Å²) in [6.45, 7) is 3.63. The first-order valence-corrected chi connectivity index (χ1v) is 12.4. The number of nitrogens with zero attached hydrogens (tertiary/aromatic N) is 1. The molecule has 27 heavy (non-hydrogen) atoms. The van der Waals surface area contributed by atoms with Gasteiger partial charge < -0.3 is 9.04 Å². The Morgan fingerprint density at radius 2 is 0.852 bits per heavy atom.